The summed E-state index contributed by atoms with van der Waals surface area (Å²) in [7, 11) is 1.55. The Labute approximate surface area is 109 Å². The topological polar surface area (TPSA) is 21.3 Å². The van der Waals surface area contributed by atoms with Crippen LogP contribution in [0.2, 0.25) is 0 Å². The molecule has 1 saturated carbocycles. The van der Waals surface area contributed by atoms with E-state index < -0.39 is 0 Å². The fourth-order valence-electron chi connectivity index (χ4n) is 2.72. The van der Waals surface area contributed by atoms with Gasteiger partial charge in [-0.2, -0.15) is 0 Å². The second kappa shape index (κ2) is 6.19. The SMILES string of the molecule is COc1ccc(CNCC2CCCC2C)c(F)c1. The van der Waals surface area contributed by atoms with Gasteiger partial charge in [-0.15, -0.1) is 0 Å². The van der Waals surface area contributed by atoms with Gasteiger partial charge in [-0.25, -0.2) is 4.39 Å². The van der Waals surface area contributed by atoms with Crippen LogP contribution in [-0.4, -0.2) is 13.7 Å². The van der Waals surface area contributed by atoms with Crippen LogP contribution >= 0.6 is 0 Å². The molecule has 2 atom stereocenters. The first-order chi connectivity index (χ1) is 8.70. The number of nitrogens with one attached hydrogen (secondary N) is 1. The Morgan fingerprint density at radius 1 is 1.39 bits per heavy atom. The van der Waals surface area contributed by atoms with E-state index >= 15 is 0 Å². The van der Waals surface area contributed by atoms with E-state index in [2.05, 4.69) is 12.2 Å². The zero-order valence-corrected chi connectivity index (χ0v) is 11.2. The number of benzene rings is 1. The Morgan fingerprint density at radius 2 is 2.22 bits per heavy atom. The first-order valence-electron chi connectivity index (χ1n) is 6.74. The minimum atomic E-state index is -0.193. The van der Waals surface area contributed by atoms with E-state index in [1.807, 2.05) is 0 Å². The van der Waals surface area contributed by atoms with Gasteiger partial charge < -0.3 is 10.1 Å². The third-order valence-electron chi connectivity index (χ3n) is 4.02. The zero-order valence-electron chi connectivity index (χ0n) is 11.2. The summed E-state index contributed by atoms with van der Waals surface area (Å²) in [4.78, 5) is 0. The van der Waals surface area contributed by atoms with E-state index in [1.165, 1.54) is 25.3 Å². The van der Waals surface area contributed by atoms with Gasteiger partial charge in [0.2, 0.25) is 0 Å². The van der Waals surface area contributed by atoms with Crippen LogP contribution in [0.15, 0.2) is 18.2 Å². The van der Waals surface area contributed by atoms with Crippen LogP contribution in [0, 0.1) is 17.7 Å². The average molecular weight is 251 g/mol. The third kappa shape index (κ3) is 3.22. The van der Waals surface area contributed by atoms with Crippen LogP contribution < -0.4 is 10.1 Å². The lowest BCUT2D eigenvalue weighted by atomic mass is 9.98. The Bertz CT molecular complexity index is 394. The van der Waals surface area contributed by atoms with Gasteiger partial charge in [-0.05, 0) is 30.9 Å². The first-order valence-corrected chi connectivity index (χ1v) is 6.74. The van der Waals surface area contributed by atoms with Gasteiger partial charge in [0.1, 0.15) is 11.6 Å². The molecule has 1 N–H and O–H groups in total. The van der Waals surface area contributed by atoms with E-state index in [-0.39, 0.29) is 5.82 Å². The van der Waals surface area contributed by atoms with Crippen molar-refractivity contribution in [2.75, 3.05) is 13.7 Å². The Kier molecular flexibility index (Phi) is 4.59. The van der Waals surface area contributed by atoms with Crippen LogP contribution in [0.3, 0.4) is 0 Å². The average Bonchev–Trinajstić information content (AvgIpc) is 2.77. The van der Waals surface area contributed by atoms with Gasteiger partial charge in [0, 0.05) is 18.2 Å². The smallest absolute Gasteiger partial charge is 0.131 e. The summed E-state index contributed by atoms with van der Waals surface area (Å²) < 4.78 is 18.7. The second-order valence-electron chi connectivity index (χ2n) is 5.26. The molecule has 0 bridgehead atoms. The maximum atomic E-state index is 13.7. The highest BCUT2D eigenvalue weighted by molar-refractivity contribution is 5.28. The van der Waals surface area contributed by atoms with Gasteiger partial charge >= 0.3 is 0 Å². The number of methoxy groups -OCH3 is 1. The first kappa shape index (κ1) is 13.3. The number of ether oxygens (including phenoxy) is 1. The van der Waals surface area contributed by atoms with Crippen molar-refractivity contribution >= 4 is 0 Å². The molecule has 1 aliphatic carbocycles. The molecule has 1 fully saturated rings. The molecular weight excluding hydrogens is 229 g/mol. The van der Waals surface area contributed by atoms with E-state index in [1.54, 1.807) is 19.2 Å². The molecule has 1 aliphatic rings. The predicted molar refractivity (Wildman–Crippen MR) is 71.2 cm³/mol. The van der Waals surface area contributed by atoms with E-state index in [0.717, 1.165) is 18.4 Å². The fourth-order valence-corrected chi connectivity index (χ4v) is 2.72. The summed E-state index contributed by atoms with van der Waals surface area (Å²) in [6.07, 6.45) is 3.98. The zero-order chi connectivity index (χ0) is 13.0. The lowest BCUT2D eigenvalue weighted by Crippen LogP contribution is -2.24. The van der Waals surface area contributed by atoms with E-state index in [4.69, 9.17) is 4.74 Å². The highest BCUT2D eigenvalue weighted by Gasteiger charge is 2.22. The molecule has 1 aromatic carbocycles. The quantitative estimate of drug-likeness (QED) is 0.866. The summed E-state index contributed by atoms with van der Waals surface area (Å²) >= 11 is 0. The van der Waals surface area contributed by atoms with Crippen LogP contribution in [0.1, 0.15) is 31.7 Å². The molecule has 18 heavy (non-hydrogen) atoms. The molecule has 2 unspecified atom stereocenters. The minimum absolute atomic E-state index is 0.193. The van der Waals surface area contributed by atoms with Crippen LogP contribution in [0.5, 0.6) is 5.75 Å². The van der Waals surface area contributed by atoms with Crippen molar-refractivity contribution in [2.24, 2.45) is 11.8 Å². The van der Waals surface area contributed by atoms with Gasteiger partial charge in [-0.1, -0.05) is 25.8 Å². The lowest BCUT2D eigenvalue weighted by molar-refractivity contribution is 0.389. The number of halogens is 1. The summed E-state index contributed by atoms with van der Waals surface area (Å²) in [5, 5.41) is 3.37. The molecular formula is C15H22FNO. The number of rotatable bonds is 5. The summed E-state index contributed by atoms with van der Waals surface area (Å²) in [5.41, 5.74) is 0.710. The summed E-state index contributed by atoms with van der Waals surface area (Å²) in [5.74, 6) is 1.94. The van der Waals surface area contributed by atoms with Crippen molar-refractivity contribution in [3.8, 4) is 5.75 Å². The third-order valence-corrected chi connectivity index (χ3v) is 4.02. The number of hydrogen-bond donors (Lipinski definition) is 1. The van der Waals surface area contributed by atoms with Crippen molar-refractivity contribution in [3.63, 3.8) is 0 Å². The minimum Gasteiger partial charge on any atom is -0.497 e. The van der Waals surface area contributed by atoms with Crippen LogP contribution in [0.25, 0.3) is 0 Å². The maximum absolute atomic E-state index is 13.7. The van der Waals surface area contributed by atoms with E-state index in [0.29, 0.717) is 17.9 Å². The van der Waals surface area contributed by atoms with Gasteiger partial charge in [-0.3, -0.25) is 0 Å². The van der Waals surface area contributed by atoms with Crippen LogP contribution in [0.4, 0.5) is 4.39 Å². The highest BCUT2D eigenvalue weighted by Crippen LogP contribution is 2.30. The lowest BCUT2D eigenvalue weighted by Gasteiger charge is -2.16. The van der Waals surface area contributed by atoms with Crippen LogP contribution in [-0.2, 0) is 6.54 Å². The maximum Gasteiger partial charge on any atom is 0.131 e. The van der Waals surface area contributed by atoms with Crippen molar-refractivity contribution in [2.45, 2.75) is 32.7 Å². The molecule has 0 saturated heterocycles. The molecule has 2 rings (SSSR count). The Balaban J connectivity index is 1.83. The molecule has 3 heteroatoms. The molecule has 0 aliphatic heterocycles. The molecule has 0 heterocycles. The molecule has 1 aromatic rings. The molecule has 100 valence electrons. The molecule has 0 radical (unpaired) electrons. The largest absolute Gasteiger partial charge is 0.497 e. The van der Waals surface area contributed by atoms with Crippen molar-refractivity contribution < 1.29 is 9.13 Å². The number of hydrogen-bond acceptors (Lipinski definition) is 2. The normalized spacial score (nSPS) is 23.3. The summed E-state index contributed by atoms with van der Waals surface area (Å²) in [6, 6.07) is 5.03. The van der Waals surface area contributed by atoms with Gasteiger partial charge in [0.25, 0.3) is 0 Å². The summed E-state index contributed by atoms with van der Waals surface area (Å²) in [6.45, 7) is 3.90. The van der Waals surface area contributed by atoms with Crippen molar-refractivity contribution in [1.82, 2.24) is 5.32 Å². The highest BCUT2D eigenvalue weighted by atomic mass is 19.1. The second-order valence-corrected chi connectivity index (χ2v) is 5.26. The van der Waals surface area contributed by atoms with Gasteiger partial charge in [0.05, 0.1) is 7.11 Å². The standard InChI is InChI=1S/C15H22FNO/c1-11-4-3-5-12(11)9-17-10-13-6-7-14(18-2)8-15(13)16/h6-8,11-12,17H,3-5,9-10H2,1-2H3. The van der Waals surface area contributed by atoms with Crippen molar-refractivity contribution in [3.05, 3.63) is 29.6 Å². The molecule has 0 spiro atoms. The Morgan fingerprint density at radius 3 is 2.83 bits per heavy atom. The van der Waals surface area contributed by atoms with Crippen molar-refractivity contribution in [1.29, 1.82) is 0 Å². The monoisotopic (exact) mass is 251 g/mol. The predicted octanol–water partition coefficient (Wildman–Crippen LogP) is 3.36. The Hall–Kier alpha value is -1.09. The van der Waals surface area contributed by atoms with E-state index in [9.17, 15) is 4.39 Å². The molecule has 0 aromatic heterocycles. The fraction of sp³-hybridized carbons (Fsp3) is 0.600. The van der Waals surface area contributed by atoms with Gasteiger partial charge in [0.15, 0.2) is 0 Å². The molecule has 0 amide bonds. The molecule has 2 nitrogen and oxygen atoms in total.